The van der Waals surface area contributed by atoms with Crippen LogP contribution in [0.2, 0.25) is 5.02 Å². The van der Waals surface area contributed by atoms with Crippen molar-refractivity contribution in [1.82, 2.24) is 0 Å². The monoisotopic (exact) mass is 356 g/mol. The summed E-state index contributed by atoms with van der Waals surface area (Å²) in [4.78, 5) is 12.8. The number of rotatable bonds is 3. The van der Waals surface area contributed by atoms with E-state index in [9.17, 15) is 9.90 Å². The van der Waals surface area contributed by atoms with Crippen LogP contribution in [0, 0.1) is 6.92 Å². The fourth-order valence-electron chi connectivity index (χ4n) is 2.53. The van der Waals surface area contributed by atoms with Gasteiger partial charge in [-0.15, -0.1) is 0 Å². The molecule has 0 saturated heterocycles. The molecule has 0 spiro atoms. The quantitative estimate of drug-likeness (QED) is 0.839. The third kappa shape index (κ3) is 3.23. The third-order valence-electron chi connectivity index (χ3n) is 3.94. The SMILES string of the molecule is COc1cc(C=C2C(=O)N(c3ccc(C)cc3)N=C2C)c(Cl)cc1O. The molecule has 0 unspecified atom stereocenters. The molecule has 0 aromatic heterocycles. The molecule has 2 aromatic rings. The van der Waals surface area contributed by atoms with Crippen molar-refractivity contribution >= 4 is 35.0 Å². The van der Waals surface area contributed by atoms with Crippen LogP contribution in [0.25, 0.3) is 6.08 Å². The van der Waals surface area contributed by atoms with Gasteiger partial charge in [-0.2, -0.15) is 10.1 Å². The summed E-state index contributed by atoms with van der Waals surface area (Å²) < 4.78 is 5.10. The van der Waals surface area contributed by atoms with Crippen LogP contribution in [0.3, 0.4) is 0 Å². The predicted molar refractivity (Wildman–Crippen MR) is 99.4 cm³/mol. The highest BCUT2D eigenvalue weighted by atomic mass is 35.5. The van der Waals surface area contributed by atoms with E-state index in [-0.39, 0.29) is 17.4 Å². The molecule has 0 atom stereocenters. The molecule has 1 N–H and O–H groups in total. The fourth-order valence-corrected chi connectivity index (χ4v) is 2.75. The normalized spacial score (nSPS) is 15.7. The summed E-state index contributed by atoms with van der Waals surface area (Å²) in [5.74, 6) is -0.00444. The highest BCUT2D eigenvalue weighted by Gasteiger charge is 2.29. The summed E-state index contributed by atoms with van der Waals surface area (Å²) in [6, 6.07) is 10.5. The van der Waals surface area contributed by atoms with Crippen LogP contribution >= 0.6 is 11.6 Å². The molecule has 0 saturated carbocycles. The first-order valence-electron chi connectivity index (χ1n) is 7.65. The largest absolute Gasteiger partial charge is 0.504 e. The molecule has 25 heavy (non-hydrogen) atoms. The van der Waals surface area contributed by atoms with E-state index >= 15 is 0 Å². The molecule has 0 aliphatic carbocycles. The maximum atomic E-state index is 12.8. The summed E-state index contributed by atoms with van der Waals surface area (Å²) in [7, 11) is 1.45. The van der Waals surface area contributed by atoms with E-state index in [2.05, 4.69) is 5.10 Å². The average Bonchev–Trinajstić information content (AvgIpc) is 2.86. The molecule has 1 aliphatic heterocycles. The van der Waals surface area contributed by atoms with Gasteiger partial charge in [0.1, 0.15) is 0 Å². The van der Waals surface area contributed by atoms with Crippen molar-refractivity contribution in [2.45, 2.75) is 13.8 Å². The lowest BCUT2D eigenvalue weighted by Crippen LogP contribution is -2.21. The van der Waals surface area contributed by atoms with Crippen LogP contribution in [0.4, 0.5) is 5.69 Å². The topological polar surface area (TPSA) is 62.1 Å². The Kier molecular flexibility index (Phi) is 4.51. The van der Waals surface area contributed by atoms with Gasteiger partial charge in [-0.25, -0.2) is 0 Å². The number of aromatic hydroxyl groups is 1. The van der Waals surface area contributed by atoms with E-state index < -0.39 is 0 Å². The summed E-state index contributed by atoms with van der Waals surface area (Å²) >= 11 is 6.18. The number of phenols is 1. The predicted octanol–water partition coefficient (Wildman–Crippen LogP) is 4.17. The Morgan fingerprint density at radius 3 is 2.52 bits per heavy atom. The van der Waals surface area contributed by atoms with Gasteiger partial charge in [-0.3, -0.25) is 4.79 Å². The first-order chi connectivity index (χ1) is 11.9. The highest BCUT2D eigenvalue weighted by molar-refractivity contribution is 6.35. The van der Waals surface area contributed by atoms with E-state index in [4.69, 9.17) is 16.3 Å². The molecule has 5 nitrogen and oxygen atoms in total. The Balaban J connectivity index is 1.99. The zero-order valence-corrected chi connectivity index (χ0v) is 14.8. The lowest BCUT2D eigenvalue weighted by atomic mass is 10.1. The molecular weight excluding hydrogens is 340 g/mol. The molecule has 0 radical (unpaired) electrons. The fraction of sp³-hybridized carbons (Fsp3) is 0.158. The van der Waals surface area contributed by atoms with Crippen LogP contribution in [-0.4, -0.2) is 23.8 Å². The molecule has 128 valence electrons. The van der Waals surface area contributed by atoms with Gasteiger partial charge in [0, 0.05) is 6.07 Å². The number of anilines is 1. The summed E-state index contributed by atoms with van der Waals surface area (Å²) in [6.07, 6.45) is 1.65. The van der Waals surface area contributed by atoms with Crippen molar-refractivity contribution in [3.8, 4) is 11.5 Å². The number of hydrogen-bond donors (Lipinski definition) is 1. The van der Waals surface area contributed by atoms with Gasteiger partial charge in [0.15, 0.2) is 11.5 Å². The molecule has 1 amide bonds. The molecule has 0 fully saturated rings. The second-order valence-corrected chi connectivity index (χ2v) is 6.15. The molecule has 1 aliphatic rings. The molecule has 1 heterocycles. The van der Waals surface area contributed by atoms with Gasteiger partial charge in [-0.05, 0) is 43.7 Å². The van der Waals surface area contributed by atoms with Crippen molar-refractivity contribution in [1.29, 1.82) is 0 Å². The van der Waals surface area contributed by atoms with Crippen LogP contribution in [0.15, 0.2) is 47.1 Å². The number of halogens is 1. The minimum atomic E-state index is -0.232. The molecule has 6 heteroatoms. The summed E-state index contributed by atoms with van der Waals surface area (Å²) in [5, 5.41) is 15.8. The third-order valence-corrected chi connectivity index (χ3v) is 4.27. The van der Waals surface area contributed by atoms with E-state index in [0.717, 1.165) is 5.56 Å². The standard InChI is InChI=1S/C19H17ClN2O3/c1-11-4-6-14(7-5-11)22-19(24)15(12(2)21-22)8-13-9-18(25-3)17(23)10-16(13)20/h4-10,23H,1-3H3. The van der Waals surface area contributed by atoms with E-state index in [0.29, 0.717) is 27.6 Å². The lowest BCUT2D eigenvalue weighted by Gasteiger charge is -2.12. The number of phenolic OH excluding ortho intramolecular Hbond substituents is 1. The smallest absolute Gasteiger partial charge is 0.280 e. The number of amides is 1. The molecule has 2 aromatic carbocycles. The average molecular weight is 357 g/mol. The van der Waals surface area contributed by atoms with Gasteiger partial charge >= 0.3 is 0 Å². The van der Waals surface area contributed by atoms with E-state index in [1.165, 1.54) is 18.2 Å². The van der Waals surface area contributed by atoms with Crippen molar-refractivity contribution < 1.29 is 14.6 Å². The second kappa shape index (κ2) is 6.61. The highest BCUT2D eigenvalue weighted by Crippen LogP contribution is 2.34. The molecule has 3 rings (SSSR count). The molecular formula is C19H17ClN2O3. The zero-order valence-electron chi connectivity index (χ0n) is 14.1. The number of methoxy groups -OCH3 is 1. The number of aryl methyl sites for hydroxylation is 1. The van der Waals surface area contributed by atoms with E-state index in [1.54, 1.807) is 19.1 Å². The Morgan fingerprint density at radius 1 is 1.20 bits per heavy atom. The van der Waals surface area contributed by atoms with Crippen LogP contribution in [0.1, 0.15) is 18.1 Å². The number of hydrazone groups is 1. The van der Waals surface area contributed by atoms with Crippen molar-refractivity contribution in [3.63, 3.8) is 0 Å². The van der Waals surface area contributed by atoms with Crippen molar-refractivity contribution in [2.24, 2.45) is 5.10 Å². The number of carbonyl (C=O) groups is 1. The number of benzene rings is 2. The Labute approximate surface area is 150 Å². The Hall–Kier alpha value is -2.79. The zero-order chi connectivity index (χ0) is 18.1. The van der Waals surface area contributed by atoms with Crippen LogP contribution in [0.5, 0.6) is 11.5 Å². The number of ether oxygens (including phenoxy) is 1. The van der Waals surface area contributed by atoms with Gasteiger partial charge < -0.3 is 9.84 Å². The van der Waals surface area contributed by atoms with Gasteiger partial charge in [0.05, 0.1) is 29.1 Å². The first-order valence-corrected chi connectivity index (χ1v) is 8.03. The maximum Gasteiger partial charge on any atom is 0.280 e. The lowest BCUT2D eigenvalue weighted by molar-refractivity contribution is -0.114. The summed E-state index contributed by atoms with van der Waals surface area (Å²) in [6.45, 7) is 3.75. The minimum Gasteiger partial charge on any atom is -0.504 e. The van der Waals surface area contributed by atoms with Gasteiger partial charge in [-0.1, -0.05) is 29.3 Å². The second-order valence-electron chi connectivity index (χ2n) is 5.74. The Bertz CT molecular complexity index is 902. The van der Waals surface area contributed by atoms with Crippen molar-refractivity contribution in [3.05, 3.63) is 58.1 Å². The minimum absolute atomic E-state index is 0.0564. The van der Waals surface area contributed by atoms with Crippen LogP contribution in [-0.2, 0) is 4.79 Å². The molecule has 0 bridgehead atoms. The number of carbonyl (C=O) groups excluding carboxylic acids is 1. The van der Waals surface area contributed by atoms with Crippen molar-refractivity contribution in [2.75, 3.05) is 12.1 Å². The maximum absolute atomic E-state index is 12.8. The van der Waals surface area contributed by atoms with Crippen LogP contribution < -0.4 is 9.75 Å². The van der Waals surface area contributed by atoms with Gasteiger partial charge in [0.25, 0.3) is 5.91 Å². The first kappa shape index (κ1) is 17.0. The van der Waals surface area contributed by atoms with E-state index in [1.807, 2.05) is 31.2 Å². The summed E-state index contributed by atoms with van der Waals surface area (Å²) in [5.41, 5.74) is 3.41. The Morgan fingerprint density at radius 2 is 1.88 bits per heavy atom. The van der Waals surface area contributed by atoms with Gasteiger partial charge in [0.2, 0.25) is 0 Å². The number of nitrogens with zero attached hydrogens (tertiary/aromatic N) is 2. The number of hydrogen-bond acceptors (Lipinski definition) is 4.